The maximum atomic E-state index is 9.82. The van der Waals surface area contributed by atoms with Crippen molar-refractivity contribution in [2.45, 2.75) is 39.7 Å². The van der Waals surface area contributed by atoms with Gasteiger partial charge in [0.1, 0.15) is 0 Å². The molecule has 3 rings (SSSR count). The minimum absolute atomic E-state index is 0.211. The topological polar surface area (TPSA) is 125 Å². The Labute approximate surface area is 139 Å². The molecule has 0 aliphatic carbocycles. The third kappa shape index (κ3) is 5.01. The van der Waals surface area contributed by atoms with Crippen molar-refractivity contribution in [3.05, 3.63) is 11.9 Å². The number of anilines is 1. The lowest BCUT2D eigenvalue weighted by Gasteiger charge is -2.25. The van der Waals surface area contributed by atoms with Crippen LogP contribution in [0.2, 0.25) is 0 Å². The quantitative estimate of drug-likeness (QED) is 0.806. The Bertz CT molecular complexity index is 634. The second-order valence-corrected chi connectivity index (χ2v) is 5.37. The number of carbonyl (C=O) groups excluding carboxylic acids is 1. The SMILES string of the molecule is CCOC(C)=O.Nc1nonc1-n1nncc1CN1CCCCC1. The number of nitrogen functional groups attached to an aromatic ring is 1. The molecule has 0 amide bonds. The monoisotopic (exact) mass is 337 g/mol. The number of nitrogens with two attached hydrogens (primary N) is 1. The van der Waals surface area contributed by atoms with Crippen molar-refractivity contribution >= 4 is 11.8 Å². The molecule has 24 heavy (non-hydrogen) atoms. The maximum Gasteiger partial charge on any atom is 0.302 e. The van der Waals surface area contributed by atoms with E-state index in [4.69, 9.17) is 5.73 Å². The molecular weight excluding hydrogens is 314 g/mol. The molecule has 0 radical (unpaired) electrons. The number of aromatic nitrogens is 5. The second kappa shape index (κ2) is 8.96. The largest absolute Gasteiger partial charge is 0.466 e. The zero-order valence-electron chi connectivity index (χ0n) is 14.0. The zero-order chi connectivity index (χ0) is 17.4. The van der Waals surface area contributed by atoms with Gasteiger partial charge in [0.2, 0.25) is 11.6 Å². The molecule has 0 unspecified atom stereocenters. The van der Waals surface area contributed by atoms with Crippen LogP contribution in [0.1, 0.15) is 38.8 Å². The summed E-state index contributed by atoms with van der Waals surface area (Å²) in [5, 5.41) is 15.2. The first-order chi connectivity index (χ1) is 11.6. The van der Waals surface area contributed by atoms with Gasteiger partial charge in [-0.05, 0) is 43.2 Å². The smallest absolute Gasteiger partial charge is 0.302 e. The van der Waals surface area contributed by atoms with Crippen molar-refractivity contribution in [1.29, 1.82) is 0 Å². The molecule has 1 fully saturated rings. The highest BCUT2D eigenvalue weighted by molar-refractivity contribution is 5.65. The fourth-order valence-electron chi connectivity index (χ4n) is 2.43. The minimum atomic E-state index is -0.211. The van der Waals surface area contributed by atoms with Gasteiger partial charge in [-0.3, -0.25) is 9.69 Å². The lowest BCUT2D eigenvalue weighted by Crippen LogP contribution is -2.30. The number of likely N-dealkylation sites (tertiary alicyclic amines) is 1. The van der Waals surface area contributed by atoms with E-state index in [2.05, 4.69) is 34.9 Å². The molecule has 0 bridgehead atoms. The summed E-state index contributed by atoms with van der Waals surface area (Å²) in [5.74, 6) is 0.414. The fraction of sp³-hybridized carbons (Fsp3) is 0.643. The van der Waals surface area contributed by atoms with Crippen LogP contribution in [0, 0.1) is 0 Å². The van der Waals surface area contributed by atoms with Gasteiger partial charge in [0.15, 0.2) is 0 Å². The van der Waals surface area contributed by atoms with Crippen molar-refractivity contribution in [3.63, 3.8) is 0 Å². The lowest BCUT2D eigenvalue weighted by atomic mass is 10.1. The lowest BCUT2D eigenvalue weighted by molar-refractivity contribution is -0.140. The van der Waals surface area contributed by atoms with Crippen LogP contribution in [0.25, 0.3) is 5.82 Å². The summed E-state index contributed by atoms with van der Waals surface area (Å²) in [7, 11) is 0. The predicted molar refractivity (Wildman–Crippen MR) is 85.1 cm³/mol. The average Bonchev–Trinajstić information content (AvgIpc) is 3.17. The molecule has 10 nitrogen and oxygen atoms in total. The molecule has 0 aromatic carbocycles. The number of hydrogen-bond donors (Lipinski definition) is 1. The van der Waals surface area contributed by atoms with E-state index in [0.29, 0.717) is 12.4 Å². The predicted octanol–water partition coefficient (Wildman–Crippen LogP) is 0.788. The molecule has 2 N–H and O–H groups in total. The van der Waals surface area contributed by atoms with Crippen LogP contribution in [0.15, 0.2) is 10.8 Å². The van der Waals surface area contributed by atoms with Gasteiger partial charge in [-0.1, -0.05) is 11.6 Å². The average molecular weight is 337 g/mol. The van der Waals surface area contributed by atoms with Gasteiger partial charge in [0.25, 0.3) is 0 Å². The van der Waals surface area contributed by atoms with E-state index >= 15 is 0 Å². The highest BCUT2D eigenvalue weighted by Crippen LogP contribution is 2.16. The number of piperidine rings is 1. The Hall–Kier alpha value is -2.49. The Morgan fingerprint density at radius 3 is 2.62 bits per heavy atom. The second-order valence-electron chi connectivity index (χ2n) is 5.37. The van der Waals surface area contributed by atoms with E-state index < -0.39 is 0 Å². The highest BCUT2D eigenvalue weighted by atomic mass is 16.6. The third-order valence-corrected chi connectivity index (χ3v) is 3.50. The van der Waals surface area contributed by atoms with Gasteiger partial charge < -0.3 is 10.5 Å². The van der Waals surface area contributed by atoms with Crippen LogP contribution in [-0.2, 0) is 16.1 Å². The molecule has 132 valence electrons. The first-order valence-electron chi connectivity index (χ1n) is 7.95. The number of esters is 1. The normalized spacial score (nSPS) is 14.8. The zero-order valence-corrected chi connectivity index (χ0v) is 14.0. The Balaban J connectivity index is 0.000000301. The van der Waals surface area contributed by atoms with Crippen molar-refractivity contribution in [2.75, 3.05) is 25.4 Å². The summed E-state index contributed by atoms with van der Waals surface area (Å²) in [6.45, 7) is 6.66. The molecule has 1 aliphatic rings. The van der Waals surface area contributed by atoms with E-state index in [-0.39, 0.29) is 11.8 Å². The van der Waals surface area contributed by atoms with Crippen LogP contribution < -0.4 is 5.73 Å². The van der Waals surface area contributed by atoms with Gasteiger partial charge in [0.05, 0.1) is 18.5 Å². The number of rotatable bonds is 4. The van der Waals surface area contributed by atoms with Crippen LogP contribution in [0.3, 0.4) is 0 Å². The first kappa shape index (κ1) is 17.9. The fourth-order valence-corrected chi connectivity index (χ4v) is 2.43. The highest BCUT2D eigenvalue weighted by Gasteiger charge is 2.17. The summed E-state index contributed by atoms with van der Waals surface area (Å²) in [4.78, 5) is 12.2. The minimum Gasteiger partial charge on any atom is -0.466 e. The number of ether oxygens (including phenoxy) is 1. The van der Waals surface area contributed by atoms with Gasteiger partial charge >= 0.3 is 5.97 Å². The maximum absolute atomic E-state index is 9.82. The molecule has 1 saturated heterocycles. The van der Waals surface area contributed by atoms with Crippen LogP contribution in [0.4, 0.5) is 5.82 Å². The molecule has 2 aromatic rings. The van der Waals surface area contributed by atoms with Crippen LogP contribution in [0.5, 0.6) is 0 Å². The van der Waals surface area contributed by atoms with E-state index in [9.17, 15) is 4.79 Å². The van der Waals surface area contributed by atoms with Gasteiger partial charge in [-0.15, -0.1) is 5.10 Å². The van der Waals surface area contributed by atoms with Crippen LogP contribution >= 0.6 is 0 Å². The van der Waals surface area contributed by atoms with E-state index in [1.165, 1.54) is 26.2 Å². The third-order valence-electron chi connectivity index (χ3n) is 3.50. The summed E-state index contributed by atoms with van der Waals surface area (Å²) < 4.78 is 10.6. The standard InChI is InChI=1S/C10H15N7O.C4H8O2/c11-9-10(14-18-13-9)17-8(6-12-15-17)7-16-4-2-1-3-5-16;1-3-6-4(2)5/h6H,1-5,7H2,(H2,11,13);3H2,1-2H3. The van der Waals surface area contributed by atoms with E-state index in [1.807, 2.05) is 0 Å². The first-order valence-corrected chi connectivity index (χ1v) is 7.95. The molecule has 2 aromatic heterocycles. The Kier molecular flexibility index (Phi) is 6.67. The molecule has 1 aliphatic heterocycles. The van der Waals surface area contributed by atoms with Crippen molar-refractivity contribution in [1.82, 2.24) is 30.2 Å². The molecule has 0 saturated carbocycles. The molecular formula is C14H23N7O3. The Morgan fingerprint density at radius 1 is 1.33 bits per heavy atom. The Morgan fingerprint density at radius 2 is 2.08 bits per heavy atom. The summed E-state index contributed by atoms with van der Waals surface area (Å²) in [6, 6.07) is 0. The molecule has 0 atom stereocenters. The van der Waals surface area contributed by atoms with Gasteiger partial charge in [0, 0.05) is 13.5 Å². The van der Waals surface area contributed by atoms with Gasteiger partial charge in [-0.25, -0.2) is 4.63 Å². The van der Waals surface area contributed by atoms with Crippen LogP contribution in [-0.4, -0.2) is 55.9 Å². The number of hydrogen-bond acceptors (Lipinski definition) is 9. The molecule has 0 spiro atoms. The molecule has 3 heterocycles. The molecule has 10 heteroatoms. The van der Waals surface area contributed by atoms with Crippen molar-refractivity contribution in [3.8, 4) is 5.82 Å². The van der Waals surface area contributed by atoms with Crippen molar-refractivity contribution in [2.24, 2.45) is 0 Å². The van der Waals surface area contributed by atoms with E-state index in [0.717, 1.165) is 25.3 Å². The summed E-state index contributed by atoms with van der Waals surface area (Å²) in [5.41, 5.74) is 6.61. The van der Waals surface area contributed by atoms with E-state index in [1.54, 1.807) is 17.8 Å². The van der Waals surface area contributed by atoms with Crippen molar-refractivity contribution < 1.29 is 14.2 Å². The summed E-state index contributed by atoms with van der Waals surface area (Å²) in [6.07, 6.45) is 5.53. The number of carbonyl (C=O) groups is 1. The number of nitrogens with zero attached hydrogens (tertiary/aromatic N) is 6. The summed E-state index contributed by atoms with van der Waals surface area (Å²) >= 11 is 0. The van der Waals surface area contributed by atoms with Gasteiger partial charge in [-0.2, -0.15) is 4.68 Å².